The predicted molar refractivity (Wildman–Crippen MR) is 29.0 cm³/mol. The van der Waals surface area contributed by atoms with Crippen LogP contribution in [0.25, 0.3) is 0 Å². The lowest BCUT2D eigenvalue weighted by Crippen LogP contribution is -2.30. The average Bonchev–Trinajstić information content (AvgIpc) is 2.10. The van der Waals surface area contributed by atoms with E-state index < -0.39 is 30.9 Å². The van der Waals surface area contributed by atoms with Gasteiger partial charge in [-0.2, -0.15) is 0 Å². The summed E-state index contributed by atoms with van der Waals surface area (Å²) in [7, 11) is 0. The fraction of sp³-hybridized carbons (Fsp3) is 0.800. The van der Waals surface area contributed by atoms with Crippen molar-refractivity contribution in [3.63, 3.8) is 0 Å². The van der Waals surface area contributed by atoms with Gasteiger partial charge in [0.05, 0.1) is 6.54 Å². The van der Waals surface area contributed by atoms with E-state index in [1.54, 1.807) is 0 Å². The molecule has 2 N–H and O–H groups in total. The Balaban J connectivity index is 2.51. The molecule has 1 saturated heterocycles. The van der Waals surface area contributed by atoms with Crippen LogP contribution in [0.4, 0.5) is 8.78 Å². The summed E-state index contributed by atoms with van der Waals surface area (Å²) >= 11 is 0. The molecule has 1 aliphatic heterocycles. The first-order chi connectivity index (χ1) is 4.51. The van der Waals surface area contributed by atoms with Crippen LogP contribution in [0.1, 0.15) is 6.42 Å². The van der Waals surface area contributed by atoms with E-state index in [2.05, 4.69) is 5.32 Å². The molecule has 0 aromatic heterocycles. The Morgan fingerprint density at radius 1 is 1.70 bits per heavy atom. The van der Waals surface area contributed by atoms with Crippen LogP contribution in [0.15, 0.2) is 0 Å². The Bertz CT molecular complexity index is 160. The van der Waals surface area contributed by atoms with E-state index in [0.717, 1.165) is 0 Å². The summed E-state index contributed by atoms with van der Waals surface area (Å²) in [6.07, 6.45) is -0.595. The molecule has 10 heavy (non-hydrogen) atoms. The number of carboxylic acid groups (broad SMARTS) is 1. The molecule has 1 aliphatic rings. The Kier molecular flexibility index (Phi) is 1.60. The van der Waals surface area contributed by atoms with Gasteiger partial charge in [0.1, 0.15) is 6.04 Å². The molecule has 0 aromatic carbocycles. The van der Waals surface area contributed by atoms with Crippen molar-refractivity contribution in [1.82, 2.24) is 5.32 Å². The van der Waals surface area contributed by atoms with Crippen molar-refractivity contribution in [1.29, 1.82) is 0 Å². The first kappa shape index (κ1) is 7.40. The SMILES string of the molecule is O=C(O)[C@H]1CC(F)(F)CN1. The number of carbonyl (C=O) groups is 1. The van der Waals surface area contributed by atoms with Crippen molar-refractivity contribution < 1.29 is 18.7 Å². The van der Waals surface area contributed by atoms with Crippen LogP contribution >= 0.6 is 0 Å². The summed E-state index contributed by atoms with van der Waals surface area (Å²) < 4.78 is 24.5. The Hall–Kier alpha value is -0.710. The van der Waals surface area contributed by atoms with Gasteiger partial charge in [-0.1, -0.05) is 0 Å². The highest BCUT2D eigenvalue weighted by atomic mass is 19.3. The van der Waals surface area contributed by atoms with Gasteiger partial charge in [0, 0.05) is 6.42 Å². The van der Waals surface area contributed by atoms with Crippen molar-refractivity contribution in [2.24, 2.45) is 0 Å². The second-order valence-corrected chi connectivity index (χ2v) is 2.33. The van der Waals surface area contributed by atoms with Gasteiger partial charge in [-0.05, 0) is 0 Å². The van der Waals surface area contributed by atoms with Crippen LogP contribution in [-0.4, -0.2) is 29.6 Å². The molecular weight excluding hydrogens is 144 g/mol. The first-order valence-electron chi connectivity index (χ1n) is 2.85. The molecule has 0 bridgehead atoms. The smallest absolute Gasteiger partial charge is 0.320 e. The second kappa shape index (κ2) is 2.16. The summed E-state index contributed by atoms with van der Waals surface area (Å²) in [5.41, 5.74) is 0. The molecule has 1 heterocycles. The summed E-state index contributed by atoms with van der Waals surface area (Å²) in [4.78, 5) is 10.1. The van der Waals surface area contributed by atoms with E-state index in [1.807, 2.05) is 0 Å². The maximum Gasteiger partial charge on any atom is 0.320 e. The van der Waals surface area contributed by atoms with E-state index >= 15 is 0 Å². The zero-order chi connectivity index (χ0) is 7.78. The van der Waals surface area contributed by atoms with Crippen LogP contribution in [0.5, 0.6) is 0 Å². The first-order valence-corrected chi connectivity index (χ1v) is 2.85. The number of aliphatic carboxylic acids is 1. The van der Waals surface area contributed by atoms with Crippen molar-refractivity contribution in [3.8, 4) is 0 Å². The van der Waals surface area contributed by atoms with E-state index in [1.165, 1.54) is 0 Å². The molecule has 1 fully saturated rings. The average molecular weight is 151 g/mol. The molecule has 0 aromatic rings. The Morgan fingerprint density at radius 2 is 2.30 bits per heavy atom. The summed E-state index contributed by atoms with van der Waals surface area (Å²) in [5, 5.41) is 10.4. The molecule has 0 amide bonds. The third-order valence-electron chi connectivity index (χ3n) is 1.41. The highest BCUT2D eigenvalue weighted by Gasteiger charge is 2.42. The van der Waals surface area contributed by atoms with Crippen LogP contribution in [0.2, 0.25) is 0 Å². The van der Waals surface area contributed by atoms with Crippen LogP contribution in [0, 0.1) is 0 Å². The van der Waals surface area contributed by atoms with Gasteiger partial charge in [-0.25, -0.2) is 8.78 Å². The standard InChI is InChI=1S/C5H7F2NO2/c6-5(7)1-3(4(9)10)8-2-5/h3,8H,1-2H2,(H,9,10)/t3-/m1/s1. The topological polar surface area (TPSA) is 49.3 Å². The number of carboxylic acids is 1. The summed E-state index contributed by atoms with van der Waals surface area (Å²) in [6, 6.07) is -1.07. The lowest BCUT2D eigenvalue weighted by Gasteiger charge is -2.03. The molecule has 0 saturated carbocycles. The van der Waals surface area contributed by atoms with E-state index in [4.69, 9.17) is 5.11 Å². The normalized spacial score (nSPS) is 30.4. The monoisotopic (exact) mass is 151 g/mol. The number of alkyl halides is 2. The fourth-order valence-electron chi connectivity index (χ4n) is 0.890. The van der Waals surface area contributed by atoms with Crippen LogP contribution in [0.3, 0.4) is 0 Å². The van der Waals surface area contributed by atoms with Gasteiger partial charge in [0.25, 0.3) is 5.92 Å². The lowest BCUT2D eigenvalue weighted by molar-refractivity contribution is -0.139. The minimum Gasteiger partial charge on any atom is -0.480 e. The van der Waals surface area contributed by atoms with E-state index in [-0.39, 0.29) is 0 Å². The quantitative estimate of drug-likeness (QED) is 0.557. The molecule has 0 unspecified atom stereocenters. The predicted octanol–water partition coefficient (Wildman–Crippen LogP) is 0.0682. The molecule has 5 heteroatoms. The third-order valence-corrected chi connectivity index (χ3v) is 1.41. The molecule has 0 spiro atoms. The van der Waals surface area contributed by atoms with E-state index in [9.17, 15) is 13.6 Å². The Morgan fingerprint density at radius 3 is 2.50 bits per heavy atom. The highest BCUT2D eigenvalue weighted by Crippen LogP contribution is 2.24. The largest absolute Gasteiger partial charge is 0.480 e. The molecule has 1 rings (SSSR count). The number of hydrogen-bond donors (Lipinski definition) is 2. The molecule has 58 valence electrons. The maximum absolute atomic E-state index is 12.2. The van der Waals surface area contributed by atoms with Gasteiger partial charge in [0.2, 0.25) is 0 Å². The number of nitrogens with one attached hydrogen (secondary N) is 1. The van der Waals surface area contributed by atoms with Crippen LogP contribution < -0.4 is 5.32 Å². The molecule has 3 nitrogen and oxygen atoms in total. The van der Waals surface area contributed by atoms with Gasteiger partial charge < -0.3 is 5.11 Å². The van der Waals surface area contributed by atoms with Crippen molar-refractivity contribution >= 4 is 5.97 Å². The maximum atomic E-state index is 12.2. The Labute approximate surface area is 56.0 Å². The molecule has 1 atom stereocenters. The number of halogens is 2. The highest BCUT2D eigenvalue weighted by molar-refractivity contribution is 5.74. The van der Waals surface area contributed by atoms with Crippen LogP contribution in [-0.2, 0) is 4.79 Å². The molecule has 0 radical (unpaired) electrons. The minimum absolute atomic E-state index is 0.524. The molecular formula is C5H7F2NO2. The number of rotatable bonds is 1. The van der Waals surface area contributed by atoms with Gasteiger partial charge in [-0.3, -0.25) is 10.1 Å². The minimum atomic E-state index is -2.84. The van der Waals surface area contributed by atoms with Crippen molar-refractivity contribution in [2.45, 2.75) is 18.4 Å². The van der Waals surface area contributed by atoms with Crippen molar-refractivity contribution in [3.05, 3.63) is 0 Å². The van der Waals surface area contributed by atoms with Gasteiger partial charge >= 0.3 is 5.97 Å². The summed E-state index contributed by atoms with van der Waals surface area (Å²) in [5.74, 6) is -4.06. The zero-order valence-electron chi connectivity index (χ0n) is 5.10. The fourth-order valence-corrected chi connectivity index (χ4v) is 0.890. The lowest BCUT2D eigenvalue weighted by atomic mass is 10.2. The zero-order valence-corrected chi connectivity index (χ0v) is 5.10. The summed E-state index contributed by atoms with van der Waals surface area (Å²) in [6.45, 7) is -0.524. The van der Waals surface area contributed by atoms with E-state index in [0.29, 0.717) is 0 Å². The van der Waals surface area contributed by atoms with Gasteiger partial charge in [-0.15, -0.1) is 0 Å². The second-order valence-electron chi connectivity index (χ2n) is 2.33. The molecule has 0 aliphatic carbocycles. The number of hydrogen-bond acceptors (Lipinski definition) is 2. The third kappa shape index (κ3) is 1.41. The van der Waals surface area contributed by atoms with Gasteiger partial charge in [0.15, 0.2) is 0 Å². The van der Waals surface area contributed by atoms with Crippen molar-refractivity contribution in [2.75, 3.05) is 6.54 Å².